The van der Waals surface area contributed by atoms with Gasteiger partial charge in [0.1, 0.15) is 24.2 Å². The van der Waals surface area contributed by atoms with Gasteiger partial charge in [0.2, 0.25) is 0 Å². The summed E-state index contributed by atoms with van der Waals surface area (Å²) < 4.78 is 29.9. The SMILES string of the molecule is Cc1nn(Cc2ccc(C[C@H]3OC(=O)[C@H](CC(C)C)N(C)C(=O)[C@@H](C)OC(=O)[C@H](CC(C)C)N(C)C(=O)[C@@H](Cc4ccc(Cn5nc(C)c(Br)c5C)cc4)OC(=O)[C@H](CC(C)C)N(C)C(=O)[C@@H](C)OC(=O)[C@H](CC(C)C)N(C)C3=O)cc2)c(C)c1Br. The van der Waals surface area contributed by atoms with Crippen LogP contribution in [0.15, 0.2) is 57.5 Å². The summed E-state index contributed by atoms with van der Waals surface area (Å²) in [6.07, 6.45) is -6.04. The van der Waals surface area contributed by atoms with Crippen molar-refractivity contribution >= 4 is 79.4 Å². The van der Waals surface area contributed by atoms with E-state index in [-0.39, 0.29) is 62.2 Å². The average molecular weight is 1320 g/mol. The predicted octanol–water partition coefficient (Wildman–Crippen LogP) is 8.91. The molecule has 8 atom stereocenters. The lowest BCUT2D eigenvalue weighted by Gasteiger charge is -2.35. The molecule has 5 rings (SSSR count). The van der Waals surface area contributed by atoms with Crippen LogP contribution in [0.1, 0.15) is 140 Å². The number of rotatable bonds is 16. The van der Waals surface area contributed by atoms with Crippen LogP contribution < -0.4 is 0 Å². The molecule has 20 nitrogen and oxygen atoms in total. The molecule has 1 saturated heterocycles. The molecule has 3 heterocycles. The minimum Gasteiger partial charge on any atom is -0.451 e. The molecule has 4 amide bonds. The van der Waals surface area contributed by atoms with E-state index >= 15 is 9.59 Å². The van der Waals surface area contributed by atoms with Gasteiger partial charge >= 0.3 is 23.9 Å². The van der Waals surface area contributed by atoms with Crippen LogP contribution in [-0.2, 0) is 83.2 Å². The predicted molar refractivity (Wildman–Crippen MR) is 332 cm³/mol. The first kappa shape index (κ1) is 70.3. The number of aryl methyl sites for hydroxylation is 2. The van der Waals surface area contributed by atoms with E-state index in [2.05, 4.69) is 42.1 Å². The maximum atomic E-state index is 15.1. The number of carbonyl (C=O) groups excluding carboxylic acids is 8. The maximum Gasteiger partial charge on any atom is 0.329 e. The molecular weight excluding hydrogens is 1230 g/mol. The molecule has 0 aliphatic carbocycles. The molecule has 2 aromatic heterocycles. The topological polar surface area (TPSA) is 222 Å². The van der Waals surface area contributed by atoms with Crippen LogP contribution in [0.5, 0.6) is 0 Å². The van der Waals surface area contributed by atoms with Gasteiger partial charge in [-0.1, -0.05) is 104 Å². The molecule has 22 heteroatoms. The van der Waals surface area contributed by atoms with Crippen molar-refractivity contribution in [3.8, 4) is 0 Å². The van der Waals surface area contributed by atoms with Crippen LogP contribution in [0.25, 0.3) is 0 Å². The van der Waals surface area contributed by atoms with Crippen molar-refractivity contribution in [2.75, 3.05) is 28.2 Å². The summed E-state index contributed by atoms with van der Waals surface area (Å²) in [5.41, 5.74) is 6.63. The van der Waals surface area contributed by atoms with Gasteiger partial charge in [-0.2, -0.15) is 10.2 Å². The molecule has 0 bridgehead atoms. The third-order valence-corrected chi connectivity index (χ3v) is 17.9. The molecule has 4 aromatic rings. The number of amides is 4. The molecule has 2 aromatic carbocycles. The highest BCUT2D eigenvalue weighted by Gasteiger charge is 2.43. The van der Waals surface area contributed by atoms with Crippen LogP contribution in [0.3, 0.4) is 0 Å². The third kappa shape index (κ3) is 18.3. The Morgan fingerprint density at radius 2 is 0.651 bits per heavy atom. The zero-order valence-corrected chi connectivity index (χ0v) is 56.6. The minimum atomic E-state index is -1.54. The maximum absolute atomic E-state index is 15.1. The lowest BCUT2D eigenvalue weighted by molar-refractivity contribution is -0.176. The molecule has 0 N–H and O–H groups in total. The van der Waals surface area contributed by atoms with Crippen molar-refractivity contribution in [1.29, 1.82) is 0 Å². The van der Waals surface area contributed by atoms with Crippen molar-refractivity contribution in [3.63, 3.8) is 0 Å². The summed E-state index contributed by atoms with van der Waals surface area (Å²) in [7, 11) is 5.58. The second kappa shape index (κ2) is 31.0. The number of cyclic esters (lactones) is 4. The number of carbonyl (C=O) groups is 8. The summed E-state index contributed by atoms with van der Waals surface area (Å²) in [6, 6.07) is 9.62. The number of esters is 4. The number of hydrogen-bond donors (Lipinski definition) is 0. The van der Waals surface area contributed by atoms with E-state index in [9.17, 15) is 28.8 Å². The second-order valence-corrected chi connectivity index (χ2v) is 26.3. The van der Waals surface area contributed by atoms with Gasteiger partial charge in [-0.05, 0) is 145 Å². The smallest absolute Gasteiger partial charge is 0.329 e. The fourth-order valence-electron chi connectivity index (χ4n) is 10.5. The Morgan fingerprint density at radius 3 is 0.895 bits per heavy atom. The highest BCUT2D eigenvalue weighted by Crippen LogP contribution is 2.27. The van der Waals surface area contributed by atoms with Crippen LogP contribution in [0.4, 0.5) is 0 Å². The molecular formula is C64H90Br2N8O12. The van der Waals surface area contributed by atoms with E-state index in [0.717, 1.165) is 62.4 Å². The Hall–Kier alpha value is -6.42. The lowest BCUT2D eigenvalue weighted by atomic mass is 9.99. The molecule has 0 radical (unpaired) electrons. The van der Waals surface area contributed by atoms with Crippen LogP contribution in [0, 0.1) is 51.4 Å². The highest BCUT2D eigenvalue weighted by molar-refractivity contribution is 9.10. The number of nitrogens with zero attached hydrogens (tertiary/aromatic N) is 8. The first-order valence-corrected chi connectivity index (χ1v) is 31.2. The van der Waals surface area contributed by atoms with Crippen molar-refractivity contribution < 1.29 is 57.3 Å². The average Bonchev–Trinajstić information content (AvgIpc) is 2.04. The first-order valence-electron chi connectivity index (χ1n) is 29.6. The molecule has 0 unspecified atom stereocenters. The number of ether oxygens (including phenoxy) is 4. The standard InChI is InChI=1S/C64H90Br2N8O12/c1-35(2)27-49-61(79)83-43(13)57(75)69(15)52(30-38(7)8)64(82)86-54(32-46-21-25-48(26-22-46)34-74-42(12)56(66)40(10)68-74)60(78)72(18)50(28-36(3)4)62(80)84-44(14)58(76)70(16)51(29-37(5)6)63(81)85-53(59(77)71(49)17)31-45-19-23-47(24-20-45)33-73-41(11)55(65)39(9)67-73/h19-26,35-38,43-44,49-54H,27-34H2,1-18H3/t43-,44-,49+,50+,51+,52+,53-,54-/m1/s1. The molecule has 0 spiro atoms. The lowest BCUT2D eigenvalue weighted by Crippen LogP contribution is -2.55. The van der Waals surface area contributed by atoms with Gasteiger partial charge in [0, 0.05) is 41.0 Å². The zero-order chi connectivity index (χ0) is 64.3. The van der Waals surface area contributed by atoms with E-state index in [1.807, 2.05) is 141 Å². The molecule has 1 aliphatic rings. The van der Waals surface area contributed by atoms with E-state index in [4.69, 9.17) is 18.9 Å². The van der Waals surface area contributed by atoms with Crippen LogP contribution >= 0.6 is 31.9 Å². The van der Waals surface area contributed by atoms with E-state index in [0.29, 0.717) is 24.2 Å². The second-order valence-electron chi connectivity index (χ2n) is 24.7. The van der Waals surface area contributed by atoms with Gasteiger partial charge in [-0.3, -0.25) is 28.5 Å². The molecule has 1 fully saturated rings. The Kier molecular flexibility index (Phi) is 25.3. The molecule has 0 saturated carbocycles. The Bertz CT molecular complexity index is 2830. The molecule has 86 heavy (non-hydrogen) atoms. The van der Waals surface area contributed by atoms with Gasteiger partial charge < -0.3 is 38.5 Å². The highest BCUT2D eigenvalue weighted by atomic mass is 79.9. The van der Waals surface area contributed by atoms with Gasteiger partial charge in [-0.15, -0.1) is 0 Å². The summed E-state index contributed by atoms with van der Waals surface area (Å²) in [6.45, 7) is 26.2. The van der Waals surface area contributed by atoms with Crippen molar-refractivity contribution in [3.05, 3.63) is 103 Å². The number of likely N-dealkylation sites (N-methyl/N-ethyl adjacent to an activating group) is 4. The van der Waals surface area contributed by atoms with E-state index in [1.165, 1.54) is 42.0 Å². The van der Waals surface area contributed by atoms with Crippen molar-refractivity contribution in [2.24, 2.45) is 23.7 Å². The van der Waals surface area contributed by atoms with E-state index in [1.54, 1.807) is 0 Å². The number of halogens is 2. The van der Waals surface area contributed by atoms with Crippen molar-refractivity contribution in [1.82, 2.24) is 39.2 Å². The van der Waals surface area contributed by atoms with Gasteiger partial charge in [0.05, 0.1) is 44.8 Å². The number of hydrogen-bond acceptors (Lipinski definition) is 14. The number of benzene rings is 2. The van der Waals surface area contributed by atoms with Crippen LogP contribution in [-0.4, -0.2) is 163 Å². The van der Waals surface area contributed by atoms with Gasteiger partial charge in [-0.25, -0.2) is 19.2 Å². The number of aromatic nitrogens is 4. The van der Waals surface area contributed by atoms with Crippen molar-refractivity contribution in [2.45, 2.75) is 197 Å². The zero-order valence-electron chi connectivity index (χ0n) is 53.4. The normalized spacial score (nSPS) is 22.5. The fraction of sp³-hybridized carbons (Fsp3) is 0.594. The monoisotopic (exact) mass is 1320 g/mol. The first-order chi connectivity index (χ1) is 40.2. The molecule has 1 aliphatic heterocycles. The fourth-order valence-corrected chi connectivity index (χ4v) is 11.0. The summed E-state index contributed by atoms with van der Waals surface area (Å²) in [5, 5.41) is 9.25. The Morgan fingerprint density at radius 1 is 0.407 bits per heavy atom. The summed E-state index contributed by atoms with van der Waals surface area (Å²) in [5.74, 6) is -7.48. The summed E-state index contributed by atoms with van der Waals surface area (Å²) >= 11 is 7.18. The Labute approximate surface area is 524 Å². The summed E-state index contributed by atoms with van der Waals surface area (Å²) in [4.78, 5) is 123. The Balaban J connectivity index is 1.59. The van der Waals surface area contributed by atoms with Gasteiger partial charge in [0.15, 0.2) is 24.4 Å². The largest absolute Gasteiger partial charge is 0.451 e. The quantitative estimate of drug-likeness (QED) is 0.0755. The van der Waals surface area contributed by atoms with Crippen LogP contribution in [0.2, 0.25) is 0 Å². The van der Waals surface area contributed by atoms with E-state index < -0.39 is 96.1 Å². The van der Waals surface area contributed by atoms with Gasteiger partial charge in [0.25, 0.3) is 23.6 Å². The molecule has 472 valence electrons. The minimum absolute atomic E-state index is 0.0774. The third-order valence-electron chi connectivity index (χ3n) is 15.6.